The number of hydrogen-bond donors (Lipinski definition) is 1. The molecule has 1 saturated carbocycles. The van der Waals surface area contributed by atoms with Crippen molar-refractivity contribution in [3.63, 3.8) is 0 Å². The van der Waals surface area contributed by atoms with Crippen molar-refractivity contribution in [1.82, 2.24) is 10.3 Å². The van der Waals surface area contributed by atoms with Gasteiger partial charge in [-0.15, -0.1) is 0 Å². The van der Waals surface area contributed by atoms with Gasteiger partial charge in [0, 0.05) is 17.5 Å². The van der Waals surface area contributed by atoms with E-state index in [4.69, 9.17) is 11.6 Å². The van der Waals surface area contributed by atoms with Gasteiger partial charge < -0.3 is 5.32 Å². The molecule has 1 aliphatic carbocycles. The molecule has 2 rings (SSSR count). The predicted molar refractivity (Wildman–Crippen MR) is 84.0 cm³/mol. The molecule has 0 aliphatic heterocycles. The molecule has 0 amide bonds. The molecule has 106 valence electrons. The third kappa shape index (κ3) is 4.37. The van der Waals surface area contributed by atoms with Crippen LogP contribution in [0.25, 0.3) is 0 Å². The highest BCUT2D eigenvalue weighted by Crippen LogP contribution is 2.37. The van der Waals surface area contributed by atoms with Crippen LogP contribution in [-0.4, -0.2) is 22.8 Å². The Balaban J connectivity index is 2.03. The topological polar surface area (TPSA) is 24.9 Å². The van der Waals surface area contributed by atoms with E-state index in [1.807, 2.05) is 30.1 Å². The standard InChI is InChI=1S/C15H23ClN2S/c1-3-8-17-13-7-6-11(2)10-14(13)19-15-12(16)5-4-9-18-15/h4-5,9,11,13-14,17H,3,6-8,10H2,1-2H3. The number of hydrogen-bond acceptors (Lipinski definition) is 3. The fourth-order valence-electron chi connectivity index (χ4n) is 2.62. The molecular weight excluding hydrogens is 276 g/mol. The average molecular weight is 299 g/mol. The van der Waals surface area contributed by atoms with E-state index >= 15 is 0 Å². The second kappa shape index (κ2) is 7.51. The fraction of sp³-hybridized carbons (Fsp3) is 0.667. The zero-order valence-corrected chi connectivity index (χ0v) is 13.3. The van der Waals surface area contributed by atoms with Crippen LogP contribution in [0.5, 0.6) is 0 Å². The van der Waals surface area contributed by atoms with Crippen molar-refractivity contribution < 1.29 is 0 Å². The van der Waals surface area contributed by atoms with Gasteiger partial charge in [0.2, 0.25) is 0 Å². The molecule has 4 heteroatoms. The summed E-state index contributed by atoms with van der Waals surface area (Å²) in [7, 11) is 0. The van der Waals surface area contributed by atoms with Gasteiger partial charge in [0.05, 0.1) is 5.02 Å². The highest BCUT2D eigenvalue weighted by Gasteiger charge is 2.29. The van der Waals surface area contributed by atoms with Gasteiger partial charge in [0.15, 0.2) is 0 Å². The van der Waals surface area contributed by atoms with Gasteiger partial charge in [-0.1, -0.05) is 37.2 Å². The first-order chi connectivity index (χ1) is 9.20. The molecule has 0 bridgehead atoms. The van der Waals surface area contributed by atoms with E-state index in [9.17, 15) is 0 Å². The van der Waals surface area contributed by atoms with Crippen LogP contribution in [0.4, 0.5) is 0 Å². The molecule has 3 atom stereocenters. The Morgan fingerprint density at radius 3 is 3.05 bits per heavy atom. The number of nitrogens with zero attached hydrogens (tertiary/aromatic N) is 1. The van der Waals surface area contributed by atoms with Gasteiger partial charge in [0.25, 0.3) is 0 Å². The van der Waals surface area contributed by atoms with E-state index < -0.39 is 0 Å². The summed E-state index contributed by atoms with van der Waals surface area (Å²) in [6.07, 6.45) is 6.86. The number of aromatic nitrogens is 1. The minimum absolute atomic E-state index is 0.586. The van der Waals surface area contributed by atoms with Crippen LogP contribution in [0, 0.1) is 5.92 Å². The minimum atomic E-state index is 0.586. The smallest absolute Gasteiger partial charge is 0.115 e. The summed E-state index contributed by atoms with van der Waals surface area (Å²) in [5, 5.41) is 6.03. The Morgan fingerprint density at radius 1 is 1.47 bits per heavy atom. The van der Waals surface area contributed by atoms with Gasteiger partial charge in [-0.2, -0.15) is 0 Å². The highest BCUT2D eigenvalue weighted by atomic mass is 35.5. The number of pyridine rings is 1. The second-order valence-electron chi connectivity index (χ2n) is 5.43. The van der Waals surface area contributed by atoms with Crippen molar-refractivity contribution in [2.75, 3.05) is 6.54 Å². The van der Waals surface area contributed by atoms with Crippen molar-refractivity contribution in [3.05, 3.63) is 23.4 Å². The first-order valence-corrected chi connectivity index (χ1v) is 8.47. The summed E-state index contributed by atoms with van der Waals surface area (Å²) in [4.78, 5) is 4.42. The van der Waals surface area contributed by atoms with Gasteiger partial charge >= 0.3 is 0 Å². The van der Waals surface area contributed by atoms with Crippen molar-refractivity contribution in [2.24, 2.45) is 5.92 Å². The SMILES string of the molecule is CCCNC1CCC(C)CC1Sc1ncccc1Cl. The van der Waals surface area contributed by atoms with Gasteiger partial charge in [-0.25, -0.2) is 4.98 Å². The zero-order chi connectivity index (χ0) is 13.7. The lowest BCUT2D eigenvalue weighted by Gasteiger charge is -2.35. The molecule has 3 unspecified atom stereocenters. The van der Waals surface area contributed by atoms with Crippen LogP contribution in [-0.2, 0) is 0 Å². The van der Waals surface area contributed by atoms with Crippen LogP contribution in [0.3, 0.4) is 0 Å². The largest absolute Gasteiger partial charge is 0.313 e. The zero-order valence-electron chi connectivity index (χ0n) is 11.7. The lowest BCUT2D eigenvalue weighted by atomic mass is 9.87. The van der Waals surface area contributed by atoms with E-state index in [2.05, 4.69) is 24.1 Å². The van der Waals surface area contributed by atoms with Crippen molar-refractivity contribution >= 4 is 23.4 Å². The highest BCUT2D eigenvalue weighted by molar-refractivity contribution is 8.00. The predicted octanol–water partition coefficient (Wildman–Crippen LogP) is 4.38. The molecule has 0 aromatic carbocycles. The van der Waals surface area contributed by atoms with E-state index in [0.717, 1.165) is 22.5 Å². The molecule has 1 aromatic rings. The van der Waals surface area contributed by atoms with E-state index in [1.54, 1.807) is 0 Å². The Bertz CT molecular complexity index is 397. The monoisotopic (exact) mass is 298 g/mol. The van der Waals surface area contributed by atoms with E-state index in [1.165, 1.54) is 25.7 Å². The Hall–Kier alpha value is -0.250. The number of thioether (sulfide) groups is 1. The molecule has 0 saturated heterocycles. The summed E-state index contributed by atoms with van der Waals surface area (Å²) >= 11 is 8.08. The van der Waals surface area contributed by atoms with Crippen LogP contribution < -0.4 is 5.32 Å². The quantitative estimate of drug-likeness (QED) is 0.873. The summed E-state index contributed by atoms with van der Waals surface area (Å²) in [5.41, 5.74) is 0. The maximum atomic E-state index is 6.23. The summed E-state index contributed by atoms with van der Waals surface area (Å²) in [6, 6.07) is 4.42. The lowest BCUT2D eigenvalue weighted by molar-refractivity contribution is 0.317. The van der Waals surface area contributed by atoms with Gasteiger partial charge in [-0.05, 0) is 50.3 Å². The lowest BCUT2D eigenvalue weighted by Crippen LogP contribution is -2.42. The second-order valence-corrected chi connectivity index (χ2v) is 7.06. The van der Waals surface area contributed by atoms with E-state index in [-0.39, 0.29) is 0 Å². The fourth-order valence-corrected chi connectivity index (χ4v) is 4.29. The van der Waals surface area contributed by atoms with Crippen LogP contribution in [0.15, 0.2) is 23.4 Å². The number of halogens is 1. The first kappa shape index (κ1) is 15.1. The molecule has 1 N–H and O–H groups in total. The summed E-state index contributed by atoms with van der Waals surface area (Å²) in [5.74, 6) is 0.805. The summed E-state index contributed by atoms with van der Waals surface area (Å²) in [6.45, 7) is 5.67. The normalized spacial score (nSPS) is 27.4. The van der Waals surface area contributed by atoms with Crippen molar-refractivity contribution in [3.8, 4) is 0 Å². The Morgan fingerprint density at radius 2 is 2.32 bits per heavy atom. The maximum absolute atomic E-state index is 6.23. The van der Waals surface area contributed by atoms with Gasteiger partial charge in [-0.3, -0.25) is 0 Å². The molecule has 1 aromatic heterocycles. The molecule has 0 spiro atoms. The maximum Gasteiger partial charge on any atom is 0.115 e. The summed E-state index contributed by atoms with van der Waals surface area (Å²) < 4.78 is 0. The third-order valence-electron chi connectivity index (χ3n) is 3.70. The molecular formula is C15H23ClN2S. The van der Waals surface area contributed by atoms with Crippen molar-refractivity contribution in [1.29, 1.82) is 0 Å². The molecule has 19 heavy (non-hydrogen) atoms. The molecule has 0 radical (unpaired) electrons. The van der Waals surface area contributed by atoms with Crippen LogP contribution >= 0.6 is 23.4 Å². The molecule has 1 fully saturated rings. The van der Waals surface area contributed by atoms with Crippen LogP contribution in [0.2, 0.25) is 5.02 Å². The van der Waals surface area contributed by atoms with Gasteiger partial charge in [0.1, 0.15) is 5.03 Å². The molecule has 1 heterocycles. The number of nitrogens with one attached hydrogen (secondary N) is 1. The Kier molecular flexibility index (Phi) is 5.99. The average Bonchev–Trinajstić information content (AvgIpc) is 2.40. The molecule has 2 nitrogen and oxygen atoms in total. The molecule has 1 aliphatic rings. The van der Waals surface area contributed by atoms with E-state index in [0.29, 0.717) is 11.3 Å². The first-order valence-electron chi connectivity index (χ1n) is 7.21. The number of rotatable bonds is 5. The minimum Gasteiger partial charge on any atom is -0.313 e. The third-order valence-corrected chi connectivity index (χ3v) is 5.49. The Labute approximate surface area is 125 Å². The van der Waals surface area contributed by atoms with Crippen LogP contribution in [0.1, 0.15) is 39.5 Å². The van der Waals surface area contributed by atoms with Crippen molar-refractivity contribution in [2.45, 2.75) is 55.8 Å².